The average molecular weight is 451 g/mol. The van der Waals surface area contributed by atoms with Gasteiger partial charge in [-0.2, -0.15) is 0 Å². The van der Waals surface area contributed by atoms with Gasteiger partial charge in [0.2, 0.25) is 0 Å². The Bertz CT molecular complexity index is 750. The maximum Gasteiger partial charge on any atom is -1.00 e. The van der Waals surface area contributed by atoms with Crippen molar-refractivity contribution >= 4 is 5.20 Å². The van der Waals surface area contributed by atoms with E-state index in [0.29, 0.717) is 5.54 Å². The van der Waals surface area contributed by atoms with Gasteiger partial charge in [0.1, 0.15) is 0 Å². The second kappa shape index (κ2) is 7.87. The predicted molar refractivity (Wildman–Crippen MR) is 93.0 cm³/mol. The Morgan fingerprint density at radius 2 is 1.42 bits per heavy atom. The minimum absolute atomic E-state index is 0. The fourth-order valence-electron chi connectivity index (χ4n) is 3.96. The number of allylic oxidation sites excluding steroid dienone is 4. The van der Waals surface area contributed by atoms with Crippen molar-refractivity contribution in [2.75, 3.05) is 0 Å². The van der Waals surface area contributed by atoms with E-state index in [1.807, 2.05) is 0 Å². The maximum atomic E-state index is 2.64. The Morgan fingerprint density at radius 3 is 1.92 bits per heavy atom. The molecular weight excluding hydrogens is 430 g/mol. The molecule has 0 atom stereocenters. The summed E-state index contributed by atoms with van der Waals surface area (Å²) >= 11 is -0.481. The van der Waals surface area contributed by atoms with Crippen LogP contribution < -0.4 is 24.8 Å². The first-order chi connectivity index (χ1) is 10.7. The standard InChI is InChI=1S/C15H15Si.C5H5.2ClH.Zr/c1-16(2)15-13-9-5-3-7-11(13)12-8-4-6-10-14(12)15;1-2-4-5-3-1;;;/h3-10,15H,1-2H3;1-3H,4H2;2*1H;/q;;;;+2/p-2. The second-order valence-electron chi connectivity index (χ2n) is 6.78. The largest absolute Gasteiger partial charge is 1.00 e. The van der Waals surface area contributed by atoms with Crippen LogP contribution in [0.3, 0.4) is 0 Å². The minimum atomic E-state index is -1.28. The SMILES string of the molecule is C[Si](C)([Zr+2][C]1=CC=CC1)C1c2ccccc2-c2ccccc21.[Cl-].[Cl-]. The number of hydrogen-bond donors (Lipinski definition) is 0. The Hall–Kier alpha value is -0.400. The second-order valence-corrected chi connectivity index (χ2v) is 24.0. The van der Waals surface area contributed by atoms with Crippen molar-refractivity contribution in [1.29, 1.82) is 0 Å². The van der Waals surface area contributed by atoms with Gasteiger partial charge >= 0.3 is 145 Å². The Balaban J connectivity index is 0.00000104. The molecular formula is C20H20Cl2SiZr. The first-order valence-corrected chi connectivity index (χ1v) is 16.0. The number of rotatable bonds is 3. The summed E-state index contributed by atoms with van der Waals surface area (Å²) in [6.07, 6.45) is 8.24. The van der Waals surface area contributed by atoms with E-state index in [-0.39, 0.29) is 24.8 Å². The molecule has 2 aromatic carbocycles. The molecule has 24 heavy (non-hydrogen) atoms. The molecule has 0 nitrogen and oxygen atoms in total. The van der Waals surface area contributed by atoms with Gasteiger partial charge in [-0.15, -0.1) is 0 Å². The van der Waals surface area contributed by atoms with Crippen LogP contribution in [0.1, 0.15) is 23.1 Å². The van der Waals surface area contributed by atoms with Gasteiger partial charge in [-0.05, 0) is 0 Å². The Labute approximate surface area is 168 Å². The van der Waals surface area contributed by atoms with Crippen LogP contribution in [0.4, 0.5) is 0 Å². The summed E-state index contributed by atoms with van der Waals surface area (Å²) in [5, 5.41) is -1.28. The summed E-state index contributed by atoms with van der Waals surface area (Å²) in [7, 11) is 0. The van der Waals surface area contributed by atoms with Gasteiger partial charge in [-0.3, -0.25) is 0 Å². The molecule has 0 unspecified atom stereocenters. The van der Waals surface area contributed by atoms with Crippen LogP contribution in [0.15, 0.2) is 70.0 Å². The quantitative estimate of drug-likeness (QED) is 0.552. The van der Waals surface area contributed by atoms with E-state index in [1.165, 1.54) is 17.5 Å². The molecule has 0 saturated carbocycles. The molecule has 0 aliphatic heterocycles. The summed E-state index contributed by atoms with van der Waals surface area (Å²) in [5.41, 5.74) is 6.89. The van der Waals surface area contributed by atoms with Gasteiger partial charge in [0.25, 0.3) is 0 Å². The fourth-order valence-corrected chi connectivity index (χ4v) is 18.5. The van der Waals surface area contributed by atoms with Crippen LogP contribution in [0.25, 0.3) is 11.1 Å². The molecule has 4 heteroatoms. The van der Waals surface area contributed by atoms with Gasteiger partial charge in [-0.25, -0.2) is 0 Å². The van der Waals surface area contributed by atoms with Crippen LogP contribution in [0.5, 0.6) is 0 Å². The third-order valence-corrected chi connectivity index (χ3v) is 18.0. The van der Waals surface area contributed by atoms with Gasteiger partial charge in [0.05, 0.1) is 0 Å². The van der Waals surface area contributed by atoms with Crippen LogP contribution in [0, 0.1) is 0 Å². The molecule has 4 rings (SSSR count). The van der Waals surface area contributed by atoms with E-state index in [9.17, 15) is 0 Å². The molecule has 0 amide bonds. The van der Waals surface area contributed by atoms with Crippen LogP contribution in [-0.4, -0.2) is 5.20 Å². The zero-order valence-electron chi connectivity index (χ0n) is 13.9. The molecule has 0 saturated heterocycles. The number of benzene rings is 2. The van der Waals surface area contributed by atoms with Crippen molar-refractivity contribution in [1.82, 2.24) is 0 Å². The van der Waals surface area contributed by atoms with Crippen molar-refractivity contribution in [2.24, 2.45) is 0 Å². The van der Waals surface area contributed by atoms with Crippen molar-refractivity contribution in [3.8, 4) is 11.1 Å². The molecule has 0 N–H and O–H groups in total. The maximum absolute atomic E-state index is 2.64. The summed E-state index contributed by atoms with van der Waals surface area (Å²) in [4.78, 5) is 0. The molecule has 2 aliphatic carbocycles. The van der Waals surface area contributed by atoms with E-state index >= 15 is 0 Å². The Morgan fingerprint density at radius 1 is 0.875 bits per heavy atom. The first-order valence-electron chi connectivity index (χ1n) is 7.99. The van der Waals surface area contributed by atoms with E-state index in [4.69, 9.17) is 0 Å². The Kier molecular flexibility index (Phi) is 6.53. The molecule has 0 aromatic heterocycles. The molecule has 0 heterocycles. The van der Waals surface area contributed by atoms with Crippen LogP contribution >= 0.6 is 0 Å². The van der Waals surface area contributed by atoms with Crippen molar-refractivity contribution in [3.63, 3.8) is 0 Å². The molecule has 0 fully saturated rings. The van der Waals surface area contributed by atoms with Crippen LogP contribution in [-0.2, 0) is 22.4 Å². The fraction of sp³-hybridized carbons (Fsp3) is 0.200. The third kappa shape index (κ3) is 3.44. The van der Waals surface area contributed by atoms with Crippen molar-refractivity contribution in [2.45, 2.75) is 25.1 Å². The number of hydrogen-bond acceptors (Lipinski definition) is 0. The average Bonchev–Trinajstić information content (AvgIpc) is 3.12. The topological polar surface area (TPSA) is 0 Å². The summed E-state index contributed by atoms with van der Waals surface area (Å²) in [5.74, 6) is 0. The minimum Gasteiger partial charge on any atom is -1.00 e. The van der Waals surface area contributed by atoms with E-state index in [1.54, 1.807) is 14.4 Å². The third-order valence-electron chi connectivity index (χ3n) is 4.81. The van der Waals surface area contributed by atoms with Crippen molar-refractivity contribution in [3.05, 3.63) is 81.2 Å². The normalized spacial score (nSPS) is 14.8. The van der Waals surface area contributed by atoms with Crippen LogP contribution in [0.2, 0.25) is 13.1 Å². The van der Waals surface area contributed by atoms with E-state index < -0.39 is 27.6 Å². The van der Waals surface area contributed by atoms with Gasteiger partial charge < -0.3 is 24.8 Å². The number of halogens is 2. The summed E-state index contributed by atoms with van der Waals surface area (Å²) in [6, 6.07) is 18.2. The predicted octanol–water partition coefficient (Wildman–Crippen LogP) is -0.522. The van der Waals surface area contributed by atoms with Crippen molar-refractivity contribution < 1.29 is 47.2 Å². The molecule has 2 aromatic rings. The molecule has 0 spiro atoms. The monoisotopic (exact) mass is 448 g/mol. The van der Waals surface area contributed by atoms with Gasteiger partial charge in [0.15, 0.2) is 0 Å². The van der Waals surface area contributed by atoms with Gasteiger partial charge in [-0.1, -0.05) is 0 Å². The van der Waals surface area contributed by atoms with E-state index in [0.717, 1.165) is 0 Å². The molecule has 122 valence electrons. The zero-order valence-corrected chi connectivity index (χ0v) is 18.9. The summed E-state index contributed by atoms with van der Waals surface area (Å²) in [6.45, 7) is 5.28. The van der Waals surface area contributed by atoms with E-state index in [2.05, 4.69) is 79.9 Å². The molecule has 2 aliphatic rings. The zero-order chi connectivity index (χ0) is 15.2. The number of fused-ring (bicyclic) bond motifs is 3. The smallest absolute Gasteiger partial charge is 1.00 e. The molecule has 0 bridgehead atoms. The molecule has 0 radical (unpaired) electrons. The summed E-state index contributed by atoms with van der Waals surface area (Å²) < 4.78 is 1.79. The first kappa shape index (κ1) is 19.9. The van der Waals surface area contributed by atoms with Gasteiger partial charge in [0, 0.05) is 0 Å².